The first-order valence-corrected chi connectivity index (χ1v) is 6.58. The van der Waals surface area contributed by atoms with Crippen molar-refractivity contribution in [3.8, 4) is 0 Å². The van der Waals surface area contributed by atoms with Gasteiger partial charge in [0.1, 0.15) is 0 Å². The maximum Gasteiger partial charge on any atom is 0.0520 e. The number of carboxylic acid groups (broad SMARTS) is 2. The Morgan fingerprint density at radius 3 is 1.60 bits per heavy atom. The van der Waals surface area contributed by atoms with E-state index in [2.05, 4.69) is 0 Å². The van der Waals surface area contributed by atoms with Crippen LogP contribution in [0, 0.1) is 5.92 Å². The molecule has 0 fully saturated rings. The summed E-state index contributed by atoms with van der Waals surface area (Å²) in [4.78, 5) is 22.5. The molecule has 1 atom stereocenters. The van der Waals surface area contributed by atoms with Crippen LogP contribution >= 0.6 is 0 Å². The molecular weight excluding hydrogens is 256 g/mol. The summed E-state index contributed by atoms with van der Waals surface area (Å²) in [7, 11) is 0. The van der Waals surface area contributed by atoms with Gasteiger partial charge < -0.3 is 19.8 Å². The molecule has 0 aliphatic rings. The van der Waals surface area contributed by atoms with E-state index in [4.69, 9.17) is 0 Å². The van der Waals surface area contributed by atoms with Crippen molar-refractivity contribution in [3.05, 3.63) is 35.4 Å². The number of carbonyl (C=O) groups excluding carboxylic acids is 2. The summed E-state index contributed by atoms with van der Waals surface area (Å²) in [5.74, 6) is -2.45. The fourth-order valence-electron chi connectivity index (χ4n) is 2.04. The molecule has 0 aliphatic carbocycles. The average molecular weight is 276 g/mol. The normalized spacial score (nSPS) is 14.9. The van der Waals surface area contributed by atoms with Crippen molar-refractivity contribution >= 4 is 11.9 Å². The quantitative estimate of drug-likeness (QED) is 0.778. The Labute approximate surface area is 119 Å². The molecule has 0 N–H and O–H groups in total. The summed E-state index contributed by atoms with van der Waals surface area (Å²) in [5.41, 5.74) is -1.05. The number of hydrogen-bond donors (Lipinski definition) is 0. The van der Waals surface area contributed by atoms with E-state index in [0.717, 1.165) is 0 Å². The monoisotopic (exact) mass is 276 g/mol. The fraction of sp³-hybridized carbons (Fsp3) is 0.500. The van der Waals surface area contributed by atoms with Crippen LogP contribution in [-0.2, 0) is 20.4 Å². The molecule has 0 amide bonds. The lowest BCUT2D eigenvalue weighted by Crippen LogP contribution is -2.47. The van der Waals surface area contributed by atoms with E-state index in [-0.39, 0.29) is 5.92 Å². The lowest BCUT2D eigenvalue weighted by Gasteiger charge is -2.36. The molecule has 4 nitrogen and oxygen atoms in total. The molecule has 0 radical (unpaired) electrons. The van der Waals surface area contributed by atoms with Crippen LogP contribution in [0.2, 0.25) is 0 Å². The Kier molecular flexibility index (Phi) is 4.27. The SMILES string of the molecule is CC(C)C(C)(C(=O)[O-])c1ccc(C(C)(C)C(=O)[O-])cc1. The van der Waals surface area contributed by atoms with Gasteiger partial charge in [0, 0.05) is 10.8 Å². The second kappa shape index (κ2) is 5.27. The van der Waals surface area contributed by atoms with Crippen molar-refractivity contribution in [1.82, 2.24) is 0 Å². The van der Waals surface area contributed by atoms with Gasteiger partial charge in [-0.15, -0.1) is 0 Å². The van der Waals surface area contributed by atoms with Crippen LogP contribution in [0.5, 0.6) is 0 Å². The number of carbonyl (C=O) groups is 2. The number of carboxylic acids is 2. The maximum atomic E-state index is 11.4. The Morgan fingerprint density at radius 1 is 0.900 bits per heavy atom. The second-order valence-electron chi connectivity index (χ2n) is 6.13. The van der Waals surface area contributed by atoms with Crippen molar-refractivity contribution < 1.29 is 19.8 Å². The smallest absolute Gasteiger partial charge is 0.0520 e. The number of aliphatic carboxylic acids is 2. The first-order valence-electron chi connectivity index (χ1n) is 6.58. The molecule has 0 spiro atoms. The largest absolute Gasteiger partial charge is 0.549 e. The Morgan fingerprint density at radius 2 is 1.30 bits per heavy atom. The standard InChI is InChI=1S/C16H22O4/c1-10(2)16(5,14(19)20)12-8-6-11(7-9-12)15(3,4)13(17)18/h6-10H,1-5H3,(H,17,18)(H,19,20)/p-2. The van der Waals surface area contributed by atoms with Gasteiger partial charge in [0.15, 0.2) is 0 Å². The van der Waals surface area contributed by atoms with Crippen molar-refractivity contribution in [2.45, 2.75) is 45.4 Å². The minimum Gasteiger partial charge on any atom is -0.549 e. The third kappa shape index (κ3) is 2.55. The zero-order valence-electron chi connectivity index (χ0n) is 12.5. The van der Waals surface area contributed by atoms with Crippen molar-refractivity contribution in [3.63, 3.8) is 0 Å². The van der Waals surface area contributed by atoms with Gasteiger partial charge in [0.25, 0.3) is 0 Å². The third-order valence-corrected chi connectivity index (χ3v) is 4.30. The Hall–Kier alpha value is -1.84. The van der Waals surface area contributed by atoms with Crippen LogP contribution in [0.4, 0.5) is 0 Å². The summed E-state index contributed by atoms with van der Waals surface area (Å²) in [5, 5.41) is 22.5. The van der Waals surface area contributed by atoms with Crippen LogP contribution in [0.1, 0.15) is 45.7 Å². The van der Waals surface area contributed by atoms with Crippen molar-refractivity contribution in [1.29, 1.82) is 0 Å². The molecule has 0 bridgehead atoms. The van der Waals surface area contributed by atoms with Crippen LogP contribution in [0.15, 0.2) is 24.3 Å². The summed E-state index contributed by atoms with van der Waals surface area (Å²) < 4.78 is 0. The molecule has 20 heavy (non-hydrogen) atoms. The first kappa shape index (κ1) is 16.2. The van der Waals surface area contributed by atoms with E-state index in [0.29, 0.717) is 11.1 Å². The summed E-state index contributed by atoms with van der Waals surface area (Å²) in [6.45, 7) is 8.35. The molecule has 0 heterocycles. The number of hydrogen-bond acceptors (Lipinski definition) is 4. The minimum absolute atomic E-state index is 0.146. The Balaban J connectivity index is 3.27. The zero-order valence-corrected chi connectivity index (χ0v) is 12.5. The predicted octanol–water partition coefficient (Wildman–Crippen LogP) is 0.378. The van der Waals surface area contributed by atoms with Gasteiger partial charge in [-0.3, -0.25) is 0 Å². The highest BCUT2D eigenvalue weighted by molar-refractivity contribution is 5.80. The molecule has 0 aromatic heterocycles. The number of rotatable bonds is 5. The first-order chi connectivity index (χ1) is 9.04. The predicted molar refractivity (Wildman–Crippen MR) is 71.7 cm³/mol. The molecule has 0 aliphatic heterocycles. The second-order valence-corrected chi connectivity index (χ2v) is 6.13. The van der Waals surface area contributed by atoms with Crippen LogP contribution in [0.3, 0.4) is 0 Å². The average Bonchev–Trinajstić information content (AvgIpc) is 2.37. The van der Waals surface area contributed by atoms with E-state index in [1.54, 1.807) is 45.0 Å². The Bertz CT molecular complexity index is 514. The molecule has 1 unspecified atom stereocenters. The molecule has 4 heteroatoms. The lowest BCUT2D eigenvalue weighted by molar-refractivity contribution is -0.315. The van der Waals surface area contributed by atoms with Crippen LogP contribution in [0.25, 0.3) is 0 Å². The van der Waals surface area contributed by atoms with Gasteiger partial charge in [0.2, 0.25) is 0 Å². The zero-order chi connectivity index (χ0) is 15.7. The van der Waals surface area contributed by atoms with Crippen LogP contribution < -0.4 is 10.2 Å². The van der Waals surface area contributed by atoms with E-state index in [1.165, 1.54) is 0 Å². The number of benzene rings is 1. The molecule has 1 aromatic rings. The van der Waals surface area contributed by atoms with Gasteiger partial charge in [-0.05, 0) is 24.0 Å². The van der Waals surface area contributed by atoms with Crippen LogP contribution in [-0.4, -0.2) is 11.9 Å². The van der Waals surface area contributed by atoms with Crippen molar-refractivity contribution in [2.24, 2.45) is 5.92 Å². The van der Waals surface area contributed by atoms with Gasteiger partial charge >= 0.3 is 0 Å². The summed E-state index contributed by atoms with van der Waals surface area (Å²) in [6.07, 6.45) is 0. The minimum atomic E-state index is -1.17. The molecule has 1 aromatic carbocycles. The highest BCUT2D eigenvalue weighted by Gasteiger charge is 2.32. The van der Waals surface area contributed by atoms with E-state index in [9.17, 15) is 19.8 Å². The van der Waals surface area contributed by atoms with Gasteiger partial charge in [-0.25, -0.2) is 0 Å². The van der Waals surface area contributed by atoms with E-state index >= 15 is 0 Å². The van der Waals surface area contributed by atoms with Crippen molar-refractivity contribution in [2.75, 3.05) is 0 Å². The molecule has 1 rings (SSSR count). The fourth-order valence-corrected chi connectivity index (χ4v) is 2.04. The lowest BCUT2D eigenvalue weighted by atomic mass is 9.72. The molecule has 0 saturated carbocycles. The highest BCUT2D eigenvalue weighted by Crippen LogP contribution is 2.33. The van der Waals surface area contributed by atoms with Gasteiger partial charge in [-0.2, -0.15) is 0 Å². The van der Waals surface area contributed by atoms with Gasteiger partial charge in [-0.1, -0.05) is 52.0 Å². The summed E-state index contributed by atoms with van der Waals surface area (Å²) >= 11 is 0. The van der Waals surface area contributed by atoms with E-state index < -0.39 is 22.8 Å². The molecule has 110 valence electrons. The van der Waals surface area contributed by atoms with E-state index in [1.807, 2.05) is 13.8 Å². The van der Waals surface area contributed by atoms with Gasteiger partial charge in [0.05, 0.1) is 11.9 Å². The third-order valence-electron chi connectivity index (χ3n) is 4.30. The summed E-state index contributed by atoms with van der Waals surface area (Å²) in [6, 6.07) is 6.56. The molecular formula is C16H20O4-2. The maximum absolute atomic E-state index is 11.4. The highest BCUT2D eigenvalue weighted by atomic mass is 16.4. The molecule has 0 saturated heterocycles. The topological polar surface area (TPSA) is 80.3 Å².